The van der Waals surface area contributed by atoms with Gasteiger partial charge in [-0.25, -0.2) is 0 Å². The van der Waals surface area contributed by atoms with Crippen LogP contribution in [0, 0.1) is 0 Å². The summed E-state index contributed by atoms with van der Waals surface area (Å²) in [5, 5.41) is 9.25. The highest BCUT2D eigenvalue weighted by Gasteiger charge is 2.29. The van der Waals surface area contributed by atoms with E-state index in [1.165, 1.54) is 11.8 Å². The first-order valence-electron chi connectivity index (χ1n) is 5.18. The minimum absolute atomic E-state index is 0.218. The van der Waals surface area contributed by atoms with Crippen molar-refractivity contribution in [3.05, 3.63) is 22.3 Å². The summed E-state index contributed by atoms with van der Waals surface area (Å²) in [4.78, 5) is 11.4. The van der Waals surface area contributed by atoms with Gasteiger partial charge in [0, 0.05) is 12.6 Å². The van der Waals surface area contributed by atoms with Crippen LogP contribution in [-0.4, -0.2) is 32.4 Å². The molecule has 3 rings (SSSR count). The molecular formula is C10H7Cl2N3O2S. The van der Waals surface area contributed by atoms with Gasteiger partial charge < -0.3 is 4.74 Å². The van der Waals surface area contributed by atoms with E-state index in [2.05, 4.69) is 10.2 Å². The Balaban J connectivity index is 1.99. The summed E-state index contributed by atoms with van der Waals surface area (Å²) >= 11 is 13.3. The summed E-state index contributed by atoms with van der Waals surface area (Å²) in [6, 6.07) is 1.60. The number of carbonyl (C=O) groups excluding carboxylic acids is 1. The number of aromatic nitrogens is 3. The van der Waals surface area contributed by atoms with Gasteiger partial charge in [0.1, 0.15) is 5.25 Å². The number of halogens is 2. The Kier molecular flexibility index (Phi) is 3.09. The van der Waals surface area contributed by atoms with Crippen molar-refractivity contribution in [3.63, 3.8) is 0 Å². The summed E-state index contributed by atoms with van der Waals surface area (Å²) in [6.07, 6.45) is 2.35. The molecule has 1 aliphatic heterocycles. The lowest BCUT2D eigenvalue weighted by atomic mass is 10.4. The topological polar surface area (TPSA) is 56.5 Å². The molecule has 1 fully saturated rings. The minimum atomic E-state index is -0.241. The average molecular weight is 304 g/mol. The minimum Gasteiger partial charge on any atom is -0.465 e. The number of fused-ring (bicyclic) bond motifs is 1. The molecule has 1 aliphatic rings. The van der Waals surface area contributed by atoms with Crippen molar-refractivity contribution >= 4 is 46.6 Å². The van der Waals surface area contributed by atoms with Crippen LogP contribution in [0.25, 0.3) is 5.65 Å². The molecule has 0 N–H and O–H groups in total. The van der Waals surface area contributed by atoms with E-state index in [9.17, 15) is 4.79 Å². The summed E-state index contributed by atoms with van der Waals surface area (Å²) in [7, 11) is 0. The van der Waals surface area contributed by atoms with E-state index < -0.39 is 0 Å². The quantitative estimate of drug-likeness (QED) is 0.798. The average Bonchev–Trinajstić information content (AvgIpc) is 2.88. The number of hydrogen-bond donors (Lipinski definition) is 0. The van der Waals surface area contributed by atoms with Crippen molar-refractivity contribution in [2.75, 3.05) is 6.61 Å². The fourth-order valence-electron chi connectivity index (χ4n) is 1.69. The van der Waals surface area contributed by atoms with E-state index in [1.807, 2.05) is 0 Å². The van der Waals surface area contributed by atoms with Gasteiger partial charge in [-0.3, -0.25) is 9.20 Å². The molecule has 2 aromatic rings. The van der Waals surface area contributed by atoms with E-state index >= 15 is 0 Å². The SMILES string of the molecule is O=C1OCCC1Sc1nnc2c(Cl)cc(Cl)cn12. The molecule has 0 aliphatic carbocycles. The second kappa shape index (κ2) is 4.60. The molecule has 8 heteroatoms. The number of pyridine rings is 1. The van der Waals surface area contributed by atoms with Gasteiger partial charge >= 0.3 is 5.97 Å². The van der Waals surface area contributed by atoms with Gasteiger partial charge in [-0.05, 0) is 6.07 Å². The van der Waals surface area contributed by atoms with Gasteiger partial charge in [-0.15, -0.1) is 10.2 Å². The standard InChI is InChI=1S/C10H7Cl2N3O2S/c11-5-3-6(12)8-13-14-10(15(8)4-5)18-7-1-2-17-9(7)16/h3-4,7H,1-2H2. The molecule has 3 heterocycles. The first-order valence-corrected chi connectivity index (χ1v) is 6.82. The normalized spacial score (nSPS) is 19.4. The highest BCUT2D eigenvalue weighted by molar-refractivity contribution is 8.00. The molecule has 1 unspecified atom stereocenters. The van der Waals surface area contributed by atoms with E-state index in [4.69, 9.17) is 27.9 Å². The lowest BCUT2D eigenvalue weighted by molar-refractivity contribution is -0.137. The van der Waals surface area contributed by atoms with Crippen LogP contribution in [-0.2, 0) is 9.53 Å². The monoisotopic (exact) mass is 303 g/mol. The van der Waals surface area contributed by atoms with Gasteiger partial charge in [0.15, 0.2) is 10.8 Å². The zero-order valence-corrected chi connectivity index (χ0v) is 11.3. The Hall–Kier alpha value is -0.980. The maximum absolute atomic E-state index is 11.4. The van der Waals surface area contributed by atoms with Crippen LogP contribution in [0.1, 0.15) is 6.42 Å². The molecular weight excluding hydrogens is 297 g/mol. The van der Waals surface area contributed by atoms with Crippen LogP contribution >= 0.6 is 35.0 Å². The number of thioether (sulfide) groups is 1. The number of rotatable bonds is 2. The molecule has 0 radical (unpaired) electrons. The van der Waals surface area contributed by atoms with Crippen molar-refractivity contribution in [2.45, 2.75) is 16.8 Å². The van der Waals surface area contributed by atoms with Crippen LogP contribution in [0.15, 0.2) is 17.4 Å². The zero-order chi connectivity index (χ0) is 12.7. The molecule has 94 valence electrons. The highest BCUT2D eigenvalue weighted by atomic mass is 35.5. The first kappa shape index (κ1) is 12.1. The summed E-state index contributed by atoms with van der Waals surface area (Å²) in [6.45, 7) is 0.453. The predicted octanol–water partition coefficient (Wildman–Crippen LogP) is 2.44. The summed E-state index contributed by atoms with van der Waals surface area (Å²) in [5.74, 6) is -0.218. The largest absolute Gasteiger partial charge is 0.465 e. The van der Waals surface area contributed by atoms with Crippen LogP contribution in [0.5, 0.6) is 0 Å². The second-order valence-corrected chi connectivity index (χ2v) is 5.76. The summed E-state index contributed by atoms with van der Waals surface area (Å²) in [5.41, 5.74) is 0.523. The number of hydrogen-bond acceptors (Lipinski definition) is 5. The van der Waals surface area contributed by atoms with Gasteiger partial charge in [-0.2, -0.15) is 0 Å². The Morgan fingerprint density at radius 1 is 1.44 bits per heavy atom. The molecule has 5 nitrogen and oxygen atoms in total. The highest BCUT2D eigenvalue weighted by Crippen LogP contribution is 2.30. The van der Waals surface area contributed by atoms with Crippen molar-refractivity contribution in [1.82, 2.24) is 14.6 Å². The Morgan fingerprint density at radius 2 is 2.28 bits per heavy atom. The molecule has 18 heavy (non-hydrogen) atoms. The predicted molar refractivity (Wildman–Crippen MR) is 68.2 cm³/mol. The van der Waals surface area contributed by atoms with Gasteiger partial charge in [0.2, 0.25) is 0 Å². The molecule has 1 atom stereocenters. The van der Waals surface area contributed by atoms with Crippen LogP contribution in [0.3, 0.4) is 0 Å². The summed E-state index contributed by atoms with van der Waals surface area (Å²) < 4.78 is 6.59. The van der Waals surface area contributed by atoms with Gasteiger partial charge in [0.25, 0.3) is 0 Å². The zero-order valence-electron chi connectivity index (χ0n) is 8.97. The molecule has 0 bridgehead atoms. The van der Waals surface area contributed by atoms with E-state index in [0.717, 1.165) is 0 Å². The Morgan fingerprint density at radius 3 is 3.00 bits per heavy atom. The molecule has 0 spiro atoms. The fourth-order valence-corrected chi connectivity index (χ4v) is 3.18. The maximum atomic E-state index is 11.4. The van der Waals surface area contributed by atoms with Crippen molar-refractivity contribution in [2.24, 2.45) is 0 Å². The van der Waals surface area contributed by atoms with Crippen molar-refractivity contribution in [3.8, 4) is 0 Å². The third-order valence-electron chi connectivity index (χ3n) is 2.53. The smallest absolute Gasteiger partial charge is 0.319 e. The van der Waals surface area contributed by atoms with Gasteiger partial charge in [0.05, 0.1) is 16.7 Å². The number of cyclic esters (lactones) is 1. The third kappa shape index (κ3) is 2.04. The number of esters is 1. The molecule has 0 saturated carbocycles. The Bertz CT molecular complexity index is 631. The van der Waals surface area contributed by atoms with E-state index in [-0.39, 0.29) is 11.2 Å². The van der Waals surface area contributed by atoms with Crippen molar-refractivity contribution < 1.29 is 9.53 Å². The number of nitrogens with zero attached hydrogens (tertiary/aromatic N) is 3. The maximum Gasteiger partial charge on any atom is 0.319 e. The van der Waals surface area contributed by atoms with Crippen LogP contribution in [0.4, 0.5) is 0 Å². The Labute approximate surface area is 116 Å². The molecule has 2 aromatic heterocycles. The molecule has 0 amide bonds. The van der Waals surface area contributed by atoms with Crippen LogP contribution < -0.4 is 0 Å². The van der Waals surface area contributed by atoms with Gasteiger partial charge in [-0.1, -0.05) is 35.0 Å². The lowest BCUT2D eigenvalue weighted by Gasteiger charge is -2.04. The first-order chi connectivity index (χ1) is 8.65. The third-order valence-corrected chi connectivity index (χ3v) is 4.22. The molecule has 0 aromatic carbocycles. The van der Waals surface area contributed by atoms with Crippen molar-refractivity contribution in [1.29, 1.82) is 0 Å². The second-order valence-electron chi connectivity index (χ2n) is 3.75. The van der Waals surface area contributed by atoms with E-state index in [0.29, 0.717) is 33.9 Å². The number of ether oxygens (including phenoxy) is 1. The fraction of sp³-hybridized carbons (Fsp3) is 0.300. The van der Waals surface area contributed by atoms with E-state index in [1.54, 1.807) is 16.7 Å². The number of carbonyl (C=O) groups is 1. The molecule has 1 saturated heterocycles. The van der Waals surface area contributed by atoms with Crippen LogP contribution in [0.2, 0.25) is 10.0 Å². The lowest BCUT2D eigenvalue weighted by Crippen LogP contribution is -2.10.